The van der Waals surface area contributed by atoms with Gasteiger partial charge in [-0.05, 0) is 31.2 Å². The summed E-state index contributed by atoms with van der Waals surface area (Å²) < 4.78 is 0. The fourth-order valence-electron chi connectivity index (χ4n) is 1.17. The molecule has 4 N–H and O–H groups in total. The lowest BCUT2D eigenvalue weighted by Crippen LogP contribution is -2.08. The van der Waals surface area contributed by atoms with Crippen molar-refractivity contribution in [1.82, 2.24) is 0 Å². The number of nitrogens with two attached hydrogens (primary N) is 1. The quantitative estimate of drug-likeness (QED) is 0.495. The van der Waals surface area contributed by atoms with Gasteiger partial charge in [-0.1, -0.05) is 0 Å². The zero-order valence-electron chi connectivity index (χ0n) is 7.95. The average molecular weight is 195 g/mol. The molecule has 4 heteroatoms. The molecule has 0 saturated heterocycles. The van der Waals surface area contributed by atoms with Crippen LogP contribution in [0, 0.1) is 6.92 Å². The summed E-state index contributed by atoms with van der Waals surface area (Å²) in [5.41, 5.74) is 5.88. The van der Waals surface area contributed by atoms with E-state index in [2.05, 4.69) is 0 Å². The normalized spacial score (nSPS) is 10.1. The van der Waals surface area contributed by atoms with E-state index in [-0.39, 0.29) is 35.8 Å². The number of rotatable bonds is 3. The van der Waals surface area contributed by atoms with Crippen LogP contribution >= 0.6 is 0 Å². The molecule has 0 unspecified atom stereocenters. The molecule has 0 bridgehead atoms. The van der Waals surface area contributed by atoms with Crippen LogP contribution < -0.4 is 5.73 Å². The van der Waals surface area contributed by atoms with Crippen molar-refractivity contribution in [3.8, 4) is 11.5 Å². The van der Waals surface area contributed by atoms with Gasteiger partial charge >= 0.3 is 0 Å². The Kier molecular flexibility index (Phi) is 3.09. The molecule has 0 aliphatic heterocycles. The van der Waals surface area contributed by atoms with Crippen molar-refractivity contribution in [3.63, 3.8) is 0 Å². The summed E-state index contributed by atoms with van der Waals surface area (Å²) in [4.78, 5) is 11.4. The molecule has 0 atom stereocenters. The molecular weight excluding hydrogens is 182 g/mol. The maximum Gasteiger partial charge on any atom is 0.167 e. The van der Waals surface area contributed by atoms with Crippen LogP contribution in [-0.2, 0) is 0 Å². The third-order valence-corrected chi connectivity index (χ3v) is 1.99. The number of phenolic OH excluding ortho intramolecular Hbond substituents is 2. The Morgan fingerprint density at radius 3 is 2.57 bits per heavy atom. The number of carbonyl (C=O) groups is 1. The minimum Gasteiger partial charge on any atom is -0.508 e. The highest BCUT2D eigenvalue weighted by molar-refractivity contribution is 5.99. The lowest BCUT2D eigenvalue weighted by molar-refractivity contribution is 0.0982. The van der Waals surface area contributed by atoms with E-state index in [0.29, 0.717) is 5.56 Å². The Bertz CT molecular complexity index is 361. The molecule has 1 aromatic carbocycles. The van der Waals surface area contributed by atoms with E-state index in [0.717, 1.165) is 0 Å². The topological polar surface area (TPSA) is 83.5 Å². The molecule has 0 amide bonds. The largest absolute Gasteiger partial charge is 0.508 e. The number of hydrogen-bond donors (Lipinski definition) is 3. The van der Waals surface area contributed by atoms with Crippen molar-refractivity contribution in [1.29, 1.82) is 0 Å². The summed E-state index contributed by atoms with van der Waals surface area (Å²) in [5.74, 6) is -0.373. The van der Waals surface area contributed by atoms with Gasteiger partial charge in [0.05, 0.1) is 5.56 Å². The fraction of sp³-hybridized carbons (Fsp3) is 0.300. The molecule has 14 heavy (non-hydrogen) atoms. The van der Waals surface area contributed by atoms with Gasteiger partial charge in [0.25, 0.3) is 0 Å². The maximum atomic E-state index is 11.4. The van der Waals surface area contributed by atoms with Crippen molar-refractivity contribution >= 4 is 5.78 Å². The van der Waals surface area contributed by atoms with E-state index in [1.165, 1.54) is 12.1 Å². The van der Waals surface area contributed by atoms with Crippen molar-refractivity contribution in [2.75, 3.05) is 6.54 Å². The van der Waals surface area contributed by atoms with Crippen molar-refractivity contribution < 1.29 is 15.0 Å². The van der Waals surface area contributed by atoms with Gasteiger partial charge in [0.15, 0.2) is 5.78 Å². The van der Waals surface area contributed by atoms with Crippen LogP contribution in [0.15, 0.2) is 12.1 Å². The monoisotopic (exact) mass is 195 g/mol. The Labute approximate surface area is 82.0 Å². The van der Waals surface area contributed by atoms with E-state index in [4.69, 9.17) is 5.73 Å². The van der Waals surface area contributed by atoms with Gasteiger partial charge in [-0.15, -0.1) is 0 Å². The lowest BCUT2D eigenvalue weighted by Gasteiger charge is -2.05. The number of hydrogen-bond acceptors (Lipinski definition) is 4. The van der Waals surface area contributed by atoms with E-state index in [1.54, 1.807) is 6.92 Å². The SMILES string of the molecule is Cc1cc(O)c(C(=O)CCN)cc1O. The molecule has 0 aliphatic carbocycles. The van der Waals surface area contributed by atoms with Gasteiger partial charge in [-0.3, -0.25) is 4.79 Å². The summed E-state index contributed by atoms with van der Waals surface area (Å²) in [5, 5.41) is 18.8. The predicted molar refractivity (Wildman–Crippen MR) is 52.5 cm³/mol. The van der Waals surface area contributed by atoms with Crippen LogP contribution in [0.4, 0.5) is 0 Å². The average Bonchev–Trinajstić information content (AvgIpc) is 2.11. The smallest absolute Gasteiger partial charge is 0.167 e. The number of Topliss-reactive ketones (excluding diaryl/α,β-unsaturated/α-hetero) is 1. The van der Waals surface area contributed by atoms with Crippen LogP contribution in [0.3, 0.4) is 0 Å². The minimum absolute atomic E-state index is 0.00294. The highest BCUT2D eigenvalue weighted by Gasteiger charge is 2.12. The fourth-order valence-corrected chi connectivity index (χ4v) is 1.17. The molecule has 76 valence electrons. The Morgan fingerprint density at radius 1 is 1.36 bits per heavy atom. The first kappa shape index (κ1) is 10.5. The third kappa shape index (κ3) is 2.03. The second kappa shape index (κ2) is 4.11. The van der Waals surface area contributed by atoms with Crippen LogP contribution in [-0.4, -0.2) is 22.5 Å². The van der Waals surface area contributed by atoms with Gasteiger partial charge < -0.3 is 15.9 Å². The standard InChI is InChI=1S/C10H13NO3/c1-6-4-10(14)7(5-9(6)13)8(12)2-3-11/h4-5,13-14H,2-3,11H2,1H3. The highest BCUT2D eigenvalue weighted by atomic mass is 16.3. The minimum atomic E-state index is -0.264. The van der Waals surface area contributed by atoms with E-state index < -0.39 is 0 Å². The number of benzene rings is 1. The number of aromatic hydroxyl groups is 2. The molecule has 1 aromatic rings. The summed E-state index contributed by atoms with van der Waals surface area (Å²) in [7, 11) is 0. The third-order valence-electron chi connectivity index (χ3n) is 1.99. The summed E-state index contributed by atoms with van der Waals surface area (Å²) in [6.07, 6.45) is 0.163. The molecule has 0 heterocycles. The van der Waals surface area contributed by atoms with Gasteiger partial charge in [0.2, 0.25) is 0 Å². The van der Waals surface area contributed by atoms with Crippen LogP contribution in [0.2, 0.25) is 0 Å². The van der Waals surface area contributed by atoms with Crippen molar-refractivity contribution in [2.45, 2.75) is 13.3 Å². The number of ketones is 1. The first-order chi connectivity index (χ1) is 6.56. The molecule has 1 rings (SSSR count). The molecule has 0 radical (unpaired) electrons. The first-order valence-electron chi connectivity index (χ1n) is 4.32. The molecule has 0 fully saturated rings. The summed E-state index contributed by atoms with van der Waals surface area (Å²) >= 11 is 0. The van der Waals surface area contributed by atoms with E-state index >= 15 is 0 Å². The summed E-state index contributed by atoms with van der Waals surface area (Å²) in [6, 6.07) is 2.63. The Morgan fingerprint density at radius 2 is 2.00 bits per heavy atom. The molecule has 0 aliphatic rings. The zero-order chi connectivity index (χ0) is 10.7. The lowest BCUT2D eigenvalue weighted by atomic mass is 10.0. The number of phenols is 2. The molecule has 0 spiro atoms. The Balaban J connectivity index is 3.09. The van der Waals surface area contributed by atoms with Crippen LogP contribution in [0.1, 0.15) is 22.3 Å². The summed E-state index contributed by atoms with van der Waals surface area (Å²) in [6.45, 7) is 1.87. The Hall–Kier alpha value is -1.55. The van der Waals surface area contributed by atoms with Crippen LogP contribution in [0.5, 0.6) is 11.5 Å². The first-order valence-corrected chi connectivity index (χ1v) is 4.32. The number of aryl methyl sites for hydroxylation is 1. The van der Waals surface area contributed by atoms with Crippen LogP contribution in [0.25, 0.3) is 0 Å². The molecule has 0 aromatic heterocycles. The van der Waals surface area contributed by atoms with Gasteiger partial charge in [-0.25, -0.2) is 0 Å². The van der Waals surface area contributed by atoms with Crippen molar-refractivity contribution in [3.05, 3.63) is 23.3 Å². The second-order valence-corrected chi connectivity index (χ2v) is 3.12. The molecule has 4 nitrogen and oxygen atoms in total. The van der Waals surface area contributed by atoms with Crippen molar-refractivity contribution in [2.24, 2.45) is 5.73 Å². The zero-order valence-corrected chi connectivity index (χ0v) is 7.95. The van der Waals surface area contributed by atoms with Gasteiger partial charge in [0, 0.05) is 6.42 Å². The van der Waals surface area contributed by atoms with Gasteiger partial charge in [0.1, 0.15) is 11.5 Å². The van der Waals surface area contributed by atoms with E-state index in [1.807, 2.05) is 0 Å². The molecule has 0 saturated carbocycles. The highest BCUT2D eigenvalue weighted by Crippen LogP contribution is 2.27. The number of carbonyl (C=O) groups excluding carboxylic acids is 1. The van der Waals surface area contributed by atoms with Gasteiger partial charge in [-0.2, -0.15) is 0 Å². The maximum absolute atomic E-state index is 11.4. The second-order valence-electron chi connectivity index (χ2n) is 3.12. The molecular formula is C10H13NO3. The predicted octanol–water partition coefficient (Wildman–Crippen LogP) is 0.938. The van der Waals surface area contributed by atoms with E-state index in [9.17, 15) is 15.0 Å².